The second-order valence-corrected chi connectivity index (χ2v) is 7.87. The maximum Gasteiger partial charge on any atom is 0.243 e. The molecule has 5 nitrogen and oxygen atoms in total. The van der Waals surface area contributed by atoms with E-state index in [1.54, 1.807) is 0 Å². The average Bonchev–Trinajstić information content (AvgIpc) is 3.39. The van der Waals surface area contributed by atoms with E-state index < -0.39 is 0 Å². The maximum atomic E-state index is 6.58. The Kier molecular flexibility index (Phi) is 6.55. The van der Waals surface area contributed by atoms with Gasteiger partial charge in [0.1, 0.15) is 23.4 Å². The molecule has 0 spiro atoms. The molecule has 1 aromatic carbocycles. The van der Waals surface area contributed by atoms with E-state index in [2.05, 4.69) is 30.7 Å². The van der Waals surface area contributed by atoms with Crippen LogP contribution in [0.2, 0.25) is 5.02 Å². The molecule has 1 aliphatic carbocycles. The molecule has 0 saturated heterocycles. The quantitative estimate of drug-likeness (QED) is 0.478. The molecule has 0 aliphatic heterocycles. The van der Waals surface area contributed by atoms with Gasteiger partial charge in [0.15, 0.2) is 0 Å². The summed E-state index contributed by atoms with van der Waals surface area (Å²) in [6.07, 6.45) is 6.29. The summed E-state index contributed by atoms with van der Waals surface area (Å²) in [5, 5.41) is 0.631. The van der Waals surface area contributed by atoms with Crippen LogP contribution >= 0.6 is 11.6 Å². The van der Waals surface area contributed by atoms with Crippen molar-refractivity contribution >= 4 is 23.0 Å². The van der Waals surface area contributed by atoms with Gasteiger partial charge >= 0.3 is 0 Å². The first-order chi connectivity index (χ1) is 13.5. The number of aromatic nitrogens is 2. The second kappa shape index (κ2) is 8.91. The van der Waals surface area contributed by atoms with Crippen molar-refractivity contribution in [2.45, 2.75) is 65.4 Å². The molecular weight excluding hydrogens is 374 g/mol. The van der Waals surface area contributed by atoms with Crippen LogP contribution in [-0.4, -0.2) is 27.9 Å². The van der Waals surface area contributed by atoms with Gasteiger partial charge in [-0.05, 0) is 57.7 Å². The number of aliphatic imine (C=N–C) groups is 1. The smallest absolute Gasteiger partial charge is 0.243 e. The zero-order valence-electron chi connectivity index (χ0n) is 17.1. The topological polar surface area (TPSA) is 56.6 Å². The van der Waals surface area contributed by atoms with Gasteiger partial charge in [-0.3, -0.25) is 0 Å². The van der Waals surface area contributed by atoms with Gasteiger partial charge < -0.3 is 9.47 Å². The molecule has 0 bridgehead atoms. The molecule has 1 fully saturated rings. The largest absolute Gasteiger partial charge is 0.494 e. The van der Waals surface area contributed by atoms with Gasteiger partial charge in [-0.1, -0.05) is 31.9 Å². The summed E-state index contributed by atoms with van der Waals surface area (Å²) < 4.78 is 11.8. The van der Waals surface area contributed by atoms with Crippen molar-refractivity contribution in [3.8, 4) is 11.6 Å². The van der Waals surface area contributed by atoms with Crippen LogP contribution in [0.4, 0.5) is 5.69 Å². The molecule has 6 heteroatoms. The van der Waals surface area contributed by atoms with Crippen LogP contribution in [0.5, 0.6) is 11.6 Å². The van der Waals surface area contributed by atoms with Gasteiger partial charge in [-0.15, -0.1) is 0 Å². The van der Waals surface area contributed by atoms with E-state index >= 15 is 0 Å². The molecule has 1 saturated carbocycles. The van der Waals surface area contributed by atoms with Gasteiger partial charge in [0.25, 0.3) is 0 Å². The number of aryl methyl sites for hydroxylation is 1. The SMILES string of the molecule is CCCOc1ccc(C(CCC)=Nc2c(C)ncnc2OC2(C)CC2)c(Cl)c1. The van der Waals surface area contributed by atoms with Crippen molar-refractivity contribution in [3.05, 3.63) is 40.8 Å². The monoisotopic (exact) mass is 401 g/mol. The van der Waals surface area contributed by atoms with Crippen molar-refractivity contribution in [1.82, 2.24) is 9.97 Å². The fourth-order valence-corrected chi connectivity index (χ4v) is 3.10. The zero-order chi connectivity index (χ0) is 20.1. The highest BCUT2D eigenvalue weighted by Crippen LogP contribution is 2.42. The molecule has 28 heavy (non-hydrogen) atoms. The molecule has 2 aromatic rings. The maximum absolute atomic E-state index is 6.58. The first-order valence-corrected chi connectivity index (χ1v) is 10.3. The highest BCUT2D eigenvalue weighted by molar-refractivity contribution is 6.34. The number of hydrogen-bond acceptors (Lipinski definition) is 5. The van der Waals surface area contributed by atoms with Crippen LogP contribution < -0.4 is 9.47 Å². The lowest BCUT2D eigenvalue weighted by Crippen LogP contribution is -2.14. The number of hydrogen-bond donors (Lipinski definition) is 0. The van der Waals surface area contributed by atoms with Crippen LogP contribution in [0.25, 0.3) is 0 Å². The van der Waals surface area contributed by atoms with E-state index in [0.29, 0.717) is 23.2 Å². The fourth-order valence-electron chi connectivity index (χ4n) is 2.82. The second-order valence-electron chi connectivity index (χ2n) is 7.46. The average molecular weight is 402 g/mol. The molecular formula is C22H28ClN3O2. The van der Waals surface area contributed by atoms with E-state index in [9.17, 15) is 0 Å². The Morgan fingerprint density at radius 3 is 2.64 bits per heavy atom. The Balaban J connectivity index is 1.98. The Hall–Kier alpha value is -2.14. The van der Waals surface area contributed by atoms with Gasteiger partial charge in [0.2, 0.25) is 5.88 Å². The van der Waals surface area contributed by atoms with E-state index in [-0.39, 0.29) is 5.60 Å². The lowest BCUT2D eigenvalue weighted by Gasteiger charge is -2.16. The Bertz CT molecular complexity index is 863. The van der Waals surface area contributed by atoms with Crippen LogP contribution in [0.15, 0.2) is 29.5 Å². The summed E-state index contributed by atoms with van der Waals surface area (Å²) >= 11 is 6.58. The highest BCUT2D eigenvalue weighted by Gasteiger charge is 2.41. The first kappa shape index (κ1) is 20.6. The van der Waals surface area contributed by atoms with Crippen LogP contribution in [0, 0.1) is 6.92 Å². The van der Waals surface area contributed by atoms with E-state index in [1.165, 1.54) is 6.33 Å². The minimum absolute atomic E-state index is 0.133. The van der Waals surface area contributed by atoms with Gasteiger partial charge in [-0.2, -0.15) is 4.98 Å². The normalized spacial score (nSPS) is 15.4. The van der Waals surface area contributed by atoms with Crippen molar-refractivity contribution < 1.29 is 9.47 Å². The molecule has 1 aliphatic rings. The lowest BCUT2D eigenvalue weighted by atomic mass is 10.1. The molecule has 1 aromatic heterocycles. The molecule has 3 rings (SSSR count). The first-order valence-electron chi connectivity index (χ1n) is 9.96. The summed E-state index contributed by atoms with van der Waals surface area (Å²) in [6, 6.07) is 5.78. The van der Waals surface area contributed by atoms with Gasteiger partial charge in [-0.25, -0.2) is 9.98 Å². The lowest BCUT2D eigenvalue weighted by molar-refractivity contribution is 0.192. The summed E-state index contributed by atoms with van der Waals surface area (Å²) in [4.78, 5) is 13.6. The van der Waals surface area contributed by atoms with Gasteiger partial charge in [0, 0.05) is 5.56 Å². The summed E-state index contributed by atoms with van der Waals surface area (Å²) in [5.41, 5.74) is 3.15. The fraction of sp³-hybridized carbons (Fsp3) is 0.500. The third-order valence-corrected chi connectivity index (χ3v) is 5.04. The molecule has 0 atom stereocenters. The van der Waals surface area contributed by atoms with E-state index in [0.717, 1.165) is 54.8 Å². The zero-order valence-corrected chi connectivity index (χ0v) is 17.8. The van der Waals surface area contributed by atoms with Crippen LogP contribution in [0.3, 0.4) is 0 Å². The van der Waals surface area contributed by atoms with Crippen molar-refractivity contribution in [2.24, 2.45) is 4.99 Å². The molecule has 1 heterocycles. The number of benzene rings is 1. The molecule has 150 valence electrons. The molecule has 0 N–H and O–H groups in total. The number of halogens is 1. The minimum atomic E-state index is -0.133. The molecule has 0 unspecified atom stereocenters. The van der Waals surface area contributed by atoms with Crippen molar-refractivity contribution in [2.75, 3.05) is 6.61 Å². The summed E-state index contributed by atoms with van der Waals surface area (Å²) in [7, 11) is 0. The third kappa shape index (κ3) is 5.02. The van der Waals surface area contributed by atoms with E-state index in [1.807, 2.05) is 25.1 Å². The molecule has 0 amide bonds. The van der Waals surface area contributed by atoms with Crippen LogP contribution in [-0.2, 0) is 0 Å². The minimum Gasteiger partial charge on any atom is -0.494 e. The Morgan fingerprint density at radius 2 is 2.00 bits per heavy atom. The number of nitrogens with zero attached hydrogens (tertiary/aromatic N) is 3. The van der Waals surface area contributed by atoms with Crippen LogP contribution in [0.1, 0.15) is 64.1 Å². The Morgan fingerprint density at radius 1 is 1.21 bits per heavy atom. The number of rotatable bonds is 9. The van der Waals surface area contributed by atoms with Gasteiger partial charge in [0.05, 0.1) is 23.0 Å². The van der Waals surface area contributed by atoms with E-state index in [4.69, 9.17) is 26.1 Å². The predicted octanol–water partition coefficient (Wildman–Crippen LogP) is 6.08. The number of ether oxygens (including phenoxy) is 2. The third-order valence-electron chi connectivity index (χ3n) is 4.73. The highest BCUT2D eigenvalue weighted by atomic mass is 35.5. The van der Waals surface area contributed by atoms with Crippen molar-refractivity contribution in [3.63, 3.8) is 0 Å². The summed E-state index contributed by atoms with van der Waals surface area (Å²) in [5.74, 6) is 1.32. The summed E-state index contributed by atoms with van der Waals surface area (Å²) in [6.45, 7) is 8.89. The van der Waals surface area contributed by atoms with Crippen molar-refractivity contribution in [1.29, 1.82) is 0 Å². The standard InChI is InChI=1S/C22H28ClN3O2/c1-5-7-19(17-9-8-16(13-18(17)23)27-12-6-2)26-20-15(3)24-14-25-21(20)28-22(4)10-11-22/h8-9,13-14H,5-7,10-12H2,1-4H3. The predicted molar refractivity (Wildman–Crippen MR) is 113 cm³/mol. The molecule has 0 radical (unpaired) electrons. The Labute approximate surface area is 172 Å².